The minimum absolute atomic E-state index is 0.0117. The van der Waals surface area contributed by atoms with Crippen LogP contribution in [0.1, 0.15) is 57.4 Å². The van der Waals surface area contributed by atoms with Gasteiger partial charge in [-0.05, 0) is 50.6 Å². The molecule has 1 saturated carbocycles. The lowest BCUT2D eigenvalue weighted by Crippen LogP contribution is -2.61. The normalized spacial score (nSPS) is 19.7. The first kappa shape index (κ1) is 50.4. The van der Waals surface area contributed by atoms with Gasteiger partial charge in [0, 0.05) is 59.3 Å². The first-order valence-corrected chi connectivity index (χ1v) is 23.7. The van der Waals surface area contributed by atoms with E-state index in [2.05, 4.69) is 10.6 Å². The smallest absolute Gasteiger partial charge is 0.493 e. The van der Waals surface area contributed by atoms with Crippen LogP contribution in [0.2, 0.25) is 0 Å². The van der Waals surface area contributed by atoms with Gasteiger partial charge in [0.05, 0.1) is 58.3 Å². The van der Waals surface area contributed by atoms with Crippen LogP contribution in [0.4, 0.5) is 27.5 Å². The highest BCUT2D eigenvalue weighted by molar-refractivity contribution is 7.85. The number of Topliss-reactive ketones (excluding diaryl/α,β-unsaturated/α-hetero) is 1. The number of nitrogens with zero attached hydrogens (tertiary/aromatic N) is 4. The molecule has 0 aromatic heterocycles. The number of nitro groups is 2. The minimum atomic E-state index is -4.79. The quantitative estimate of drug-likeness (QED) is 0.0146. The van der Waals surface area contributed by atoms with E-state index in [9.17, 15) is 47.6 Å². The largest absolute Gasteiger partial charge is 0.514 e. The van der Waals surface area contributed by atoms with Gasteiger partial charge in [0.1, 0.15) is 31.5 Å². The number of nitro benzene ring substituents is 2. The van der Waals surface area contributed by atoms with E-state index in [-0.39, 0.29) is 47.4 Å². The maximum atomic E-state index is 14.4. The summed E-state index contributed by atoms with van der Waals surface area (Å²) in [4.78, 5) is 64.8. The predicted molar refractivity (Wildman–Crippen MR) is 257 cm³/mol. The van der Waals surface area contributed by atoms with Crippen molar-refractivity contribution in [3.63, 3.8) is 0 Å². The molecule has 4 aromatic carbocycles. The number of methoxy groups -OCH3 is 1. The minimum Gasteiger partial charge on any atom is -0.493 e. The molecule has 368 valence electrons. The number of ether oxygens (including phenoxy) is 4. The summed E-state index contributed by atoms with van der Waals surface area (Å²) < 4.78 is 58.8. The lowest BCUT2D eigenvalue weighted by atomic mass is 9.69. The second-order valence-electron chi connectivity index (χ2n) is 18.1. The lowest BCUT2D eigenvalue weighted by molar-refractivity contribution is -0.401. The van der Waals surface area contributed by atoms with Crippen LogP contribution < -0.4 is 29.7 Å². The fraction of sp³-hybridized carbons (Fsp3) is 0.347. The van der Waals surface area contributed by atoms with E-state index in [1.54, 1.807) is 6.08 Å². The molecule has 4 atom stereocenters. The second-order valence-corrected chi connectivity index (χ2v) is 19.6. The molecule has 2 aliphatic heterocycles. The molecule has 1 amide bonds. The number of likely N-dealkylation sites (N-methyl/N-ethyl adjacent to an activating group) is 1. The Labute approximate surface area is 403 Å². The number of hydrogen-bond acceptors (Lipinski definition) is 15. The zero-order valence-corrected chi connectivity index (χ0v) is 40.4. The van der Waals surface area contributed by atoms with E-state index in [1.807, 2.05) is 106 Å². The third kappa shape index (κ3) is 9.98. The van der Waals surface area contributed by atoms with Crippen LogP contribution in [0.3, 0.4) is 0 Å². The highest BCUT2D eigenvalue weighted by Gasteiger charge is 2.51. The van der Waals surface area contributed by atoms with E-state index in [1.165, 1.54) is 32.2 Å². The first-order chi connectivity index (χ1) is 32.9. The molecular weight excluding hydrogens is 929 g/mol. The first-order valence-electron chi connectivity index (χ1n) is 22.1. The number of fused-ring (bicyclic) bond motifs is 2. The van der Waals surface area contributed by atoms with Crippen molar-refractivity contribution in [1.82, 2.24) is 10.6 Å². The highest BCUT2D eigenvalue weighted by Crippen LogP contribution is 2.49. The molecule has 0 bridgehead atoms. The van der Waals surface area contributed by atoms with E-state index in [0.717, 1.165) is 52.1 Å². The van der Waals surface area contributed by atoms with Crippen LogP contribution in [-0.4, -0.2) is 103 Å². The summed E-state index contributed by atoms with van der Waals surface area (Å²) in [7, 11) is 0.286. The molecule has 20 nitrogen and oxygen atoms in total. The van der Waals surface area contributed by atoms with Crippen LogP contribution in [-0.2, 0) is 35.3 Å². The van der Waals surface area contributed by atoms with Crippen molar-refractivity contribution in [1.29, 1.82) is 0 Å². The Bertz CT molecular complexity index is 3000. The molecule has 3 aliphatic rings. The Morgan fingerprint density at radius 1 is 0.943 bits per heavy atom. The van der Waals surface area contributed by atoms with Gasteiger partial charge < -0.3 is 29.2 Å². The summed E-state index contributed by atoms with van der Waals surface area (Å²) in [6.07, 6.45) is 1.14. The summed E-state index contributed by atoms with van der Waals surface area (Å²) in [5.41, 5.74) is 4.06. The number of nitrogens with one attached hydrogen (secondary N) is 2. The maximum absolute atomic E-state index is 14.4. The van der Waals surface area contributed by atoms with E-state index < -0.39 is 78.4 Å². The van der Waals surface area contributed by atoms with Crippen LogP contribution >= 0.6 is 0 Å². The number of allylic oxidation sites excluding steroid dienone is 2. The summed E-state index contributed by atoms with van der Waals surface area (Å²) in [5.74, 6) is -3.19. The lowest BCUT2D eigenvalue weighted by Gasteiger charge is -2.40. The molecule has 0 saturated heterocycles. The highest BCUT2D eigenvalue weighted by atomic mass is 32.2. The molecule has 0 radical (unpaired) electrons. The number of hydrogen-bond donors (Lipinski definition) is 3. The number of anilines is 1. The van der Waals surface area contributed by atoms with Gasteiger partial charge in [-0.15, -0.1) is 0 Å². The molecule has 1 aliphatic carbocycles. The molecule has 70 heavy (non-hydrogen) atoms. The van der Waals surface area contributed by atoms with Crippen LogP contribution in [0, 0.1) is 26.1 Å². The van der Waals surface area contributed by atoms with Gasteiger partial charge in [-0.2, -0.15) is 13.0 Å². The van der Waals surface area contributed by atoms with Crippen molar-refractivity contribution in [2.45, 2.75) is 63.6 Å². The zero-order valence-electron chi connectivity index (χ0n) is 39.6. The zero-order chi connectivity index (χ0) is 51.0. The number of amides is 1. The predicted octanol–water partition coefficient (Wildman–Crippen LogP) is 6.64. The van der Waals surface area contributed by atoms with Gasteiger partial charge >= 0.3 is 6.16 Å². The molecule has 0 spiro atoms. The number of carbonyl (C=O) groups is 3. The standard InChI is InChI=1S/C49H52N6O14S/c1-28(68-47(58)69-30-19-17-29(18-20-30)54(59)60)31-23-40(66-8)41(26-39(31)55(61)62)67-22-21-50-46(57)36(27-70(63,64)65)51-44-32(24-42-48(2,3)34-13-9-11-15-37(34)52(42)6)45(56)33(44)25-43-49(4,5)35-14-10-12-16-38(35)53(43)7/h9-20,23-26,28,32,36,44,51H,21-22,27H2,1-8H3,(H-,50,57,63,64,65)/p+1. The summed E-state index contributed by atoms with van der Waals surface area (Å²) >= 11 is 0. The van der Waals surface area contributed by atoms with E-state index >= 15 is 0 Å². The van der Waals surface area contributed by atoms with Crippen LogP contribution in [0.25, 0.3) is 0 Å². The molecule has 4 unspecified atom stereocenters. The van der Waals surface area contributed by atoms with Crippen LogP contribution in [0.15, 0.2) is 108 Å². The summed E-state index contributed by atoms with van der Waals surface area (Å²) in [6, 6.07) is 20.1. The molecule has 21 heteroatoms. The number of ketones is 1. The molecular formula is C49H53N6O14S+. The number of carbonyl (C=O) groups excluding carboxylic acids is 3. The van der Waals surface area contributed by atoms with Crippen molar-refractivity contribution in [3.05, 3.63) is 145 Å². The topological polar surface area (TPSA) is 259 Å². The fourth-order valence-electron chi connectivity index (χ4n) is 9.37. The number of para-hydroxylation sites is 2. The average molecular weight is 982 g/mol. The third-order valence-electron chi connectivity index (χ3n) is 13.0. The van der Waals surface area contributed by atoms with E-state index in [0.29, 0.717) is 5.57 Å². The Morgan fingerprint density at radius 3 is 2.21 bits per heavy atom. The van der Waals surface area contributed by atoms with Crippen molar-refractivity contribution >= 4 is 56.4 Å². The Balaban J connectivity index is 1.10. The van der Waals surface area contributed by atoms with Gasteiger partial charge in [0.15, 0.2) is 23.0 Å². The summed E-state index contributed by atoms with van der Waals surface area (Å²) in [6.45, 7) is 8.96. The molecule has 4 aromatic rings. The second kappa shape index (κ2) is 19.5. The van der Waals surface area contributed by atoms with Crippen molar-refractivity contribution in [3.8, 4) is 17.2 Å². The molecule has 7 rings (SSSR count). The number of benzene rings is 4. The van der Waals surface area contributed by atoms with Gasteiger partial charge in [0.2, 0.25) is 11.6 Å². The number of non-ortho nitro benzene ring substituents is 1. The monoisotopic (exact) mass is 981 g/mol. The van der Waals surface area contributed by atoms with Crippen LogP contribution in [0.5, 0.6) is 17.2 Å². The van der Waals surface area contributed by atoms with Crippen molar-refractivity contribution < 1.29 is 60.7 Å². The third-order valence-corrected chi connectivity index (χ3v) is 13.7. The molecule has 3 N–H and O–H groups in total. The average Bonchev–Trinajstić information content (AvgIpc) is 3.62. The van der Waals surface area contributed by atoms with Gasteiger partial charge in [-0.3, -0.25) is 39.7 Å². The summed E-state index contributed by atoms with van der Waals surface area (Å²) in [5, 5.41) is 28.9. The number of rotatable bonds is 17. The fourth-order valence-corrected chi connectivity index (χ4v) is 10.0. The van der Waals surface area contributed by atoms with E-state index in [4.69, 9.17) is 18.9 Å². The molecule has 2 heterocycles. The maximum Gasteiger partial charge on any atom is 0.514 e. The van der Waals surface area contributed by atoms with Crippen molar-refractivity contribution in [2.24, 2.45) is 5.92 Å². The Kier molecular flexibility index (Phi) is 14.0. The Morgan fingerprint density at radius 2 is 1.60 bits per heavy atom. The van der Waals surface area contributed by atoms with Gasteiger partial charge in [-0.1, -0.05) is 56.3 Å². The van der Waals surface area contributed by atoms with Gasteiger partial charge in [0.25, 0.3) is 21.5 Å². The molecule has 1 fully saturated rings. The van der Waals surface area contributed by atoms with Gasteiger partial charge in [-0.25, -0.2) is 4.79 Å². The Hall–Kier alpha value is -7.49. The van der Waals surface area contributed by atoms with Crippen molar-refractivity contribution in [2.75, 3.05) is 45.0 Å². The SMILES string of the molecule is COc1cc(C(C)OC(=O)Oc2ccc([N+](=O)[O-])cc2)c([N+](=O)[O-])cc1OCCNC(=O)C(CS(=O)(=O)O)NC1C(=CC2=[N+](C)c3ccccc3C2(C)C)C(=O)C1C=C1N(C)c2ccccc2C1(C)C.